The largest absolute Gasteiger partial charge is 0.505 e. The first-order valence-corrected chi connectivity index (χ1v) is 4.02. The summed E-state index contributed by atoms with van der Waals surface area (Å²) < 4.78 is 42.7. The van der Waals surface area contributed by atoms with Crippen LogP contribution in [0.4, 0.5) is 13.2 Å². The smallest absolute Gasteiger partial charge is 0.341 e. The molecule has 0 unspecified atom stereocenters. The van der Waals surface area contributed by atoms with E-state index in [2.05, 4.69) is 4.74 Å². The molecule has 0 radical (unpaired) electrons. The average Bonchev–Trinajstić information content (AvgIpc) is 2.20. The molecule has 0 amide bonds. The molecule has 82 valence electrons. The zero-order chi connectivity index (χ0) is 11.6. The molecule has 15 heavy (non-hydrogen) atoms. The maximum Gasteiger partial charge on any atom is 0.341 e. The van der Waals surface area contributed by atoms with E-state index in [9.17, 15) is 18.0 Å². The van der Waals surface area contributed by atoms with Gasteiger partial charge in [-0.1, -0.05) is 0 Å². The minimum Gasteiger partial charge on any atom is -0.505 e. The van der Waals surface area contributed by atoms with Crippen LogP contribution in [0, 0.1) is 17.5 Å². The van der Waals surface area contributed by atoms with Gasteiger partial charge in [-0.15, -0.1) is 0 Å². The molecule has 3 nitrogen and oxygen atoms in total. The van der Waals surface area contributed by atoms with Crippen molar-refractivity contribution in [3.63, 3.8) is 0 Å². The van der Waals surface area contributed by atoms with Crippen LogP contribution in [-0.4, -0.2) is 17.7 Å². The van der Waals surface area contributed by atoms with Gasteiger partial charge in [-0.25, -0.2) is 13.6 Å². The van der Waals surface area contributed by atoms with Crippen molar-refractivity contribution < 1.29 is 27.8 Å². The molecule has 0 aliphatic heterocycles. The van der Waals surface area contributed by atoms with Crippen LogP contribution < -0.4 is 0 Å². The summed E-state index contributed by atoms with van der Waals surface area (Å²) in [5.74, 6) is -7.62. The number of aromatic hydroxyl groups is 1. The molecular weight excluding hydrogens is 213 g/mol. The molecule has 0 aromatic heterocycles. The first kappa shape index (κ1) is 11.4. The summed E-state index contributed by atoms with van der Waals surface area (Å²) in [6, 6.07) is 0.478. The van der Waals surface area contributed by atoms with Gasteiger partial charge in [0.15, 0.2) is 17.4 Å². The Balaban J connectivity index is 3.26. The third-order valence-corrected chi connectivity index (χ3v) is 1.62. The van der Waals surface area contributed by atoms with Crippen molar-refractivity contribution in [3.05, 3.63) is 29.1 Å². The molecule has 0 aliphatic rings. The summed E-state index contributed by atoms with van der Waals surface area (Å²) in [6.07, 6.45) is 0. The number of carbonyl (C=O) groups excluding carboxylic acids is 1. The number of halogens is 3. The lowest BCUT2D eigenvalue weighted by molar-refractivity contribution is 0.0519. The Labute approximate surface area is 83.1 Å². The van der Waals surface area contributed by atoms with Gasteiger partial charge < -0.3 is 9.84 Å². The number of hydrogen-bond donors (Lipinski definition) is 1. The van der Waals surface area contributed by atoms with Crippen molar-refractivity contribution in [2.75, 3.05) is 6.61 Å². The normalized spacial score (nSPS) is 10.1. The highest BCUT2D eigenvalue weighted by atomic mass is 19.2. The Morgan fingerprint density at radius 3 is 2.47 bits per heavy atom. The highest BCUT2D eigenvalue weighted by molar-refractivity contribution is 5.90. The molecule has 1 aromatic rings. The lowest BCUT2D eigenvalue weighted by atomic mass is 10.2. The van der Waals surface area contributed by atoms with E-state index < -0.39 is 34.7 Å². The number of hydrogen-bond acceptors (Lipinski definition) is 3. The van der Waals surface area contributed by atoms with Crippen LogP contribution in [0.3, 0.4) is 0 Å². The van der Waals surface area contributed by atoms with Crippen LogP contribution in [0.25, 0.3) is 0 Å². The Bertz CT molecular complexity index is 404. The highest BCUT2D eigenvalue weighted by Gasteiger charge is 2.23. The fourth-order valence-corrected chi connectivity index (χ4v) is 0.948. The van der Waals surface area contributed by atoms with Crippen molar-refractivity contribution in [3.8, 4) is 5.75 Å². The zero-order valence-electron chi connectivity index (χ0n) is 7.68. The molecule has 0 saturated carbocycles. The van der Waals surface area contributed by atoms with Crippen LogP contribution in [0.15, 0.2) is 6.07 Å². The SMILES string of the molecule is CCOC(=O)c1cc(O)c(F)c(F)c1F. The van der Waals surface area contributed by atoms with Gasteiger partial charge in [0.2, 0.25) is 5.82 Å². The summed E-state index contributed by atoms with van der Waals surface area (Å²) >= 11 is 0. The number of phenols is 1. The molecule has 0 fully saturated rings. The average molecular weight is 220 g/mol. The predicted octanol–water partition coefficient (Wildman–Crippen LogP) is 1.99. The summed E-state index contributed by atoms with van der Waals surface area (Å²) in [4.78, 5) is 11.0. The summed E-state index contributed by atoms with van der Waals surface area (Å²) in [5.41, 5.74) is -0.840. The van der Waals surface area contributed by atoms with Crippen molar-refractivity contribution in [1.82, 2.24) is 0 Å². The van der Waals surface area contributed by atoms with E-state index in [0.717, 1.165) is 0 Å². The van der Waals surface area contributed by atoms with Crippen LogP contribution in [-0.2, 0) is 4.74 Å². The topological polar surface area (TPSA) is 46.5 Å². The second kappa shape index (κ2) is 4.20. The van der Waals surface area contributed by atoms with Crippen LogP contribution in [0.2, 0.25) is 0 Å². The van der Waals surface area contributed by atoms with Gasteiger partial charge in [0.05, 0.1) is 6.61 Å². The monoisotopic (exact) mass is 220 g/mol. The molecule has 0 spiro atoms. The second-order valence-electron chi connectivity index (χ2n) is 2.61. The molecule has 0 saturated heterocycles. The van der Waals surface area contributed by atoms with Crippen LogP contribution in [0.1, 0.15) is 17.3 Å². The number of carbonyl (C=O) groups is 1. The van der Waals surface area contributed by atoms with E-state index in [4.69, 9.17) is 5.11 Å². The molecule has 0 bridgehead atoms. The number of esters is 1. The van der Waals surface area contributed by atoms with Gasteiger partial charge in [-0.3, -0.25) is 0 Å². The van der Waals surface area contributed by atoms with E-state index in [1.807, 2.05) is 0 Å². The minimum atomic E-state index is -1.90. The van der Waals surface area contributed by atoms with Crippen molar-refractivity contribution in [2.24, 2.45) is 0 Å². The summed E-state index contributed by atoms with van der Waals surface area (Å²) in [6.45, 7) is 1.42. The lowest BCUT2D eigenvalue weighted by Crippen LogP contribution is -2.09. The van der Waals surface area contributed by atoms with Crippen molar-refractivity contribution in [1.29, 1.82) is 0 Å². The minimum absolute atomic E-state index is 0.0436. The van der Waals surface area contributed by atoms with E-state index in [1.54, 1.807) is 0 Å². The summed E-state index contributed by atoms with van der Waals surface area (Å²) in [5, 5.41) is 8.83. The Morgan fingerprint density at radius 1 is 1.33 bits per heavy atom. The maximum atomic E-state index is 13.0. The van der Waals surface area contributed by atoms with Crippen molar-refractivity contribution >= 4 is 5.97 Å². The zero-order valence-corrected chi connectivity index (χ0v) is 7.68. The summed E-state index contributed by atoms with van der Waals surface area (Å²) in [7, 11) is 0. The molecule has 6 heteroatoms. The second-order valence-corrected chi connectivity index (χ2v) is 2.61. The first-order chi connectivity index (χ1) is 6.99. The van der Waals surface area contributed by atoms with Gasteiger partial charge in [0.1, 0.15) is 5.56 Å². The van der Waals surface area contributed by atoms with Crippen molar-refractivity contribution in [2.45, 2.75) is 6.92 Å². The molecular formula is C9H7F3O3. The highest BCUT2D eigenvalue weighted by Crippen LogP contribution is 2.24. The van der Waals surface area contributed by atoms with Crippen LogP contribution >= 0.6 is 0 Å². The standard InChI is InChI=1S/C9H7F3O3/c1-2-15-9(14)4-3-5(13)7(11)8(12)6(4)10/h3,13H,2H2,1H3. The maximum absolute atomic E-state index is 13.0. The fourth-order valence-electron chi connectivity index (χ4n) is 0.948. The molecule has 0 aliphatic carbocycles. The van der Waals surface area contributed by atoms with E-state index in [1.165, 1.54) is 6.92 Å². The van der Waals surface area contributed by atoms with Gasteiger partial charge in [0.25, 0.3) is 0 Å². The lowest BCUT2D eigenvalue weighted by Gasteiger charge is -2.05. The van der Waals surface area contributed by atoms with Gasteiger partial charge in [-0.2, -0.15) is 4.39 Å². The van der Waals surface area contributed by atoms with Crippen LogP contribution in [0.5, 0.6) is 5.75 Å². The van der Waals surface area contributed by atoms with Gasteiger partial charge in [0, 0.05) is 6.07 Å². The third kappa shape index (κ3) is 2.03. The fraction of sp³-hybridized carbons (Fsp3) is 0.222. The Kier molecular flexibility index (Phi) is 3.18. The number of benzene rings is 1. The molecule has 1 rings (SSSR count). The Hall–Kier alpha value is -1.72. The molecule has 0 atom stereocenters. The van der Waals surface area contributed by atoms with Gasteiger partial charge >= 0.3 is 5.97 Å². The third-order valence-electron chi connectivity index (χ3n) is 1.62. The van der Waals surface area contributed by atoms with Gasteiger partial charge in [-0.05, 0) is 6.92 Å². The molecule has 1 N–H and O–H groups in total. The van der Waals surface area contributed by atoms with E-state index in [0.29, 0.717) is 6.07 Å². The number of ether oxygens (including phenoxy) is 1. The number of phenolic OH excluding ortho intramolecular Hbond substituents is 1. The number of rotatable bonds is 2. The van der Waals surface area contributed by atoms with E-state index in [-0.39, 0.29) is 6.61 Å². The quantitative estimate of drug-likeness (QED) is 0.612. The first-order valence-electron chi connectivity index (χ1n) is 4.02. The predicted molar refractivity (Wildman–Crippen MR) is 43.9 cm³/mol. The molecule has 1 aromatic carbocycles. The molecule has 0 heterocycles. The van der Waals surface area contributed by atoms with E-state index >= 15 is 0 Å². The Morgan fingerprint density at radius 2 is 1.93 bits per heavy atom.